The molecule has 0 radical (unpaired) electrons. The molecule has 4 aliphatic rings. The zero-order valence-corrected chi connectivity index (χ0v) is 18.0. The van der Waals surface area contributed by atoms with Crippen molar-refractivity contribution in [2.45, 2.75) is 63.5 Å². The Labute approximate surface area is 182 Å². The molecule has 31 heavy (non-hydrogen) atoms. The Kier molecular flexibility index (Phi) is 4.72. The number of aryl methyl sites for hydroxylation is 2. The van der Waals surface area contributed by atoms with Crippen LogP contribution in [0.1, 0.15) is 60.3 Å². The highest BCUT2D eigenvalue weighted by Crippen LogP contribution is 2.57. The van der Waals surface area contributed by atoms with Crippen LogP contribution in [-0.2, 0) is 0 Å². The number of carbonyl (C=O) groups excluding carboxylic acids is 2. The zero-order valence-electron chi connectivity index (χ0n) is 18.0. The zero-order chi connectivity index (χ0) is 21.6. The van der Waals surface area contributed by atoms with E-state index in [2.05, 4.69) is 20.6 Å². The van der Waals surface area contributed by atoms with E-state index in [1.807, 2.05) is 32.0 Å². The number of aromatic nitrogens is 2. The van der Waals surface area contributed by atoms with Crippen LogP contribution in [0.15, 0.2) is 36.5 Å². The van der Waals surface area contributed by atoms with Gasteiger partial charge in [-0.2, -0.15) is 0 Å². The molecule has 4 aliphatic carbocycles. The predicted octanol–water partition coefficient (Wildman–Crippen LogP) is 3.70. The van der Waals surface area contributed by atoms with Crippen LogP contribution in [-0.4, -0.2) is 33.0 Å². The summed E-state index contributed by atoms with van der Waals surface area (Å²) in [5, 5.41) is 6.49. The van der Waals surface area contributed by atoms with Crippen LogP contribution in [0.3, 0.4) is 0 Å². The van der Waals surface area contributed by atoms with Gasteiger partial charge in [0.1, 0.15) is 5.69 Å². The van der Waals surface area contributed by atoms with Crippen LogP contribution in [0, 0.1) is 25.7 Å². The molecule has 2 atom stereocenters. The lowest BCUT2D eigenvalue weighted by molar-refractivity contribution is -0.0450. The molecule has 0 spiro atoms. The van der Waals surface area contributed by atoms with Crippen LogP contribution >= 0.6 is 0 Å². The number of hydrogen-bond donors (Lipinski definition) is 2. The van der Waals surface area contributed by atoms with Crippen molar-refractivity contribution in [2.24, 2.45) is 11.8 Å². The molecule has 2 unspecified atom stereocenters. The third kappa shape index (κ3) is 4.01. The summed E-state index contributed by atoms with van der Waals surface area (Å²) in [6, 6.07) is 9.10. The highest BCUT2D eigenvalue weighted by molar-refractivity contribution is 5.92. The number of nitrogens with one attached hydrogen (secondary N) is 2. The van der Waals surface area contributed by atoms with Gasteiger partial charge in [-0.3, -0.25) is 4.79 Å². The molecular weight excluding hydrogens is 392 g/mol. The van der Waals surface area contributed by atoms with Gasteiger partial charge in [-0.15, -0.1) is 0 Å². The first-order chi connectivity index (χ1) is 14.8. The number of rotatable bonds is 4. The Morgan fingerprint density at radius 1 is 1.03 bits per heavy atom. The van der Waals surface area contributed by atoms with E-state index in [1.54, 1.807) is 18.3 Å². The molecule has 2 amide bonds. The van der Waals surface area contributed by atoms with E-state index >= 15 is 0 Å². The van der Waals surface area contributed by atoms with Gasteiger partial charge in [0.15, 0.2) is 0 Å². The lowest BCUT2D eigenvalue weighted by atomic mass is 9.50. The number of pyridine rings is 2. The monoisotopic (exact) mass is 420 g/mol. The predicted molar refractivity (Wildman–Crippen MR) is 115 cm³/mol. The maximum atomic E-state index is 13.0. The van der Waals surface area contributed by atoms with E-state index in [0.717, 1.165) is 49.8 Å². The molecule has 7 nitrogen and oxygen atoms in total. The SMILES string of the molecule is Cc1ccnc(OC(=O)NC23CC4CC(C2)CC(NC(=O)c2cccc(C)n2)(C4)C3)c1. The quantitative estimate of drug-likeness (QED) is 0.787. The van der Waals surface area contributed by atoms with Crippen molar-refractivity contribution < 1.29 is 14.3 Å². The molecule has 2 N–H and O–H groups in total. The van der Waals surface area contributed by atoms with Crippen molar-refractivity contribution in [3.63, 3.8) is 0 Å². The molecule has 2 aromatic heterocycles. The second kappa shape index (κ2) is 7.32. The lowest BCUT2D eigenvalue weighted by Crippen LogP contribution is -2.70. The highest BCUT2D eigenvalue weighted by atomic mass is 16.6. The molecule has 2 aromatic rings. The minimum Gasteiger partial charge on any atom is -0.391 e. The van der Waals surface area contributed by atoms with Gasteiger partial charge in [0.2, 0.25) is 5.88 Å². The smallest absolute Gasteiger partial charge is 0.391 e. The third-order valence-electron chi connectivity index (χ3n) is 7.02. The largest absolute Gasteiger partial charge is 0.414 e. The lowest BCUT2D eigenvalue weighted by Gasteiger charge is -2.61. The first-order valence-corrected chi connectivity index (χ1v) is 11.0. The van der Waals surface area contributed by atoms with Crippen LogP contribution in [0.2, 0.25) is 0 Å². The molecule has 4 fully saturated rings. The molecule has 6 rings (SSSR count). The summed E-state index contributed by atoms with van der Waals surface area (Å²) < 4.78 is 5.47. The van der Waals surface area contributed by atoms with E-state index in [9.17, 15) is 9.59 Å². The van der Waals surface area contributed by atoms with Crippen LogP contribution in [0.25, 0.3) is 0 Å². The molecule has 0 aliphatic heterocycles. The maximum absolute atomic E-state index is 13.0. The first kappa shape index (κ1) is 20.0. The summed E-state index contributed by atoms with van der Waals surface area (Å²) in [6.45, 7) is 3.82. The van der Waals surface area contributed by atoms with Crippen molar-refractivity contribution in [3.05, 3.63) is 53.5 Å². The van der Waals surface area contributed by atoms with Gasteiger partial charge in [-0.05, 0) is 88.0 Å². The number of ether oxygens (including phenoxy) is 1. The Balaban J connectivity index is 1.32. The average Bonchev–Trinajstić information content (AvgIpc) is 2.66. The fourth-order valence-electron chi connectivity index (χ4n) is 6.43. The van der Waals surface area contributed by atoms with E-state index < -0.39 is 6.09 Å². The molecule has 7 heteroatoms. The molecule has 4 bridgehead atoms. The summed E-state index contributed by atoms with van der Waals surface area (Å²) in [6.07, 6.45) is 6.83. The van der Waals surface area contributed by atoms with E-state index in [-0.39, 0.29) is 17.0 Å². The fraction of sp³-hybridized carbons (Fsp3) is 0.500. The van der Waals surface area contributed by atoms with Gasteiger partial charge in [0.25, 0.3) is 5.91 Å². The van der Waals surface area contributed by atoms with Crippen molar-refractivity contribution in [3.8, 4) is 5.88 Å². The van der Waals surface area contributed by atoms with Gasteiger partial charge in [-0.1, -0.05) is 6.07 Å². The molecule has 0 saturated heterocycles. The van der Waals surface area contributed by atoms with Crippen molar-refractivity contribution >= 4 is 12.0 Å². The molecular formula is C24H28N4O3. The van der Waals surface area contributed by atoms with Crippen LogP contribution in [0.5, 0.6) is 5.88 Å². The first-order valence-electron chi connectivity index (χ1n) is 11.0. The van der Waals surface area contributed by atoms with E-state index in [4.69, 9.17) is 4.74 Å². The molecule has 4 saturated carbocycles. The van der Waals surface area contributed by atoms with Crippen molar-refractivity contribution in [1.29, 1.82) is 0 Å². The highest BCUT2D eigenvalue weighted by Gasteiger charge is 2.59. The van der Waals surface area contributed by atoms with Gasteiger partial charge in [0, 0.05) is 29.0 Å². The minimum atomic E-state index is -0.470. The van der Waals surface area contributed by atoms with Crippen molar-refractivity contribution in [1.82, 2.24) is 20.6 Å². The Morgan fingerprint density at radius 3 is 2.42 bits per heavy atom. The fourth-order valence-corrected chi connectivity index (χ4v) is 6.43. The van der Waals surface area contributed by atoms with E-state index in [0.29, 0.717) is 23.4 Å². The van der Waals surface area contributed by atoms with Crippen LogP contribution in [0.4, 0.5) is 4.79 Å². The Bertz CT molecular complexity index is 1020. The molecule has 0 aromatic carbocycles. The normalized spacial score (nSPS) is 30.6. The Hall–Kier alpha value is -2.96. The standard InChI is InChI=1S/C24H28N4O3/c1-15-6-7-25-20(8-15)31-22(30)28-24-12-17-9-18(13-24)11-23(10-17,14-24)27-21(29)19-5-3-4-16(2)26-19/h3-8,17-18H,9-14H2,1-2H3,(H,27,29)(H,28,30). The summed E-state index contributed by atoms with van der Waals surface area (Å²) in [7, 11) is 0. The summed E-state index contributed by atoms with van der Waals surface area (Å²) in [5.74, 6) is 1.15. The average molecular weight is 421 g/mol. The number of nitrogens with zero attached hydrogens (tertiary/aromatic N) is 2. The number of hydrogen-bond acceptors (Lipinski definition) is 5. The second-order valence-electron chi connectivity index (χ2n) is 9.83. The van der Waals surface area contributed by atoms with Gasteiger partial charge < -0.3 is 15.4 Å². The topological polar surface area (TPSA) is 93.2 Å². The second-order valence-corrected chi connectivity index (χ2v) is 9.83. The van der Waals surface area contributed by atoms with Crippen LogP contribution < -0.4 is 15.4 Å². The van der Waals surface area contributed by atoms with Gasteiger partial charge >= 0.3 is 6.09 Å². The number of amides is 2. The molecule has 162 valence electrons. The van der Waals surface area contributed by atoms with Gasteiger partial charge in [-0.25, -0.2) is 14.8 Å². The van der Waals surface area contributed by atoms with Gasteiger partial charge in [0.05, 0.1) is 0 Å². The maximum Gasteiger partial charge on any atom is 0.414 e. The Morgan fingerprint density at radius 2 is 1.74 bits per heavy atom. The van der Waals surface area contributed by atoms with E-state index in [1.165, 1.54) is 0 Å². The molecule has 2 heterocycles. The summed E-state index contributed by atoms with van der Waals surface area (Å²) in [5.41, 5.74) is 1.60. The third-order valence-corrected chi connectivity index (χ3v) is 7.02. The summed E-state index contributed by atoms with van der Waals surface area (Å²) in [4.78, 5) is 34.2. The minimum absolute atomic E-state index is 0.132. The number of carbonyl (C=O) groups is 2. The van der Waals surface area contributed by atoms with Crippen molar-refractivity contribution in [2.75, 3.05) is 0 Å². The summed E-state index contributed by atoms with van der Waals surface area (Å²) >= 11 is 0.